The van der Waals surface area contributed by atoms with Crippen LogP contribution in [0.1, 0.15) is 0 Å². The van der Waals surface area contributed by atoms with Crippen LogP contribution in [0.4, 0.5) is 13.2 Å². The second kappa shape index (κ2) is 3.85. The Bertz CT molecular complexity index is 307. The maximum atomic E-state index is 11.8. The number of guanidine groups is 1. The molecule has 1 fully saturated rings. The fourth-order valence-electron chi connectivity index (χ4n) is 0.720. The van der Waals surface area contributed by atoms with Crippen LogP contribution in [0.3, 0.4) is 0 Å². The smallest absolute Gasteiger partial charge is 0.382 e. The Hall–Kier alpha value is -1.64. The molecule has 0 aromatic heterocycles. The first kappa shape index (κ1) is 11.4. The summed E-state index contributed by atoms with van der Waals surface area (Å²) in [6.45, 7) is -0.987. The maximum Gasteiger partial charge on any atom is 0.416 e. The van der Waals surface area contributed by atoms with Crippen molar-refractivity contribution in [1.82, 2.24) is 10.6 Å². The molecule has 6 nitrogen and oxygen atoms in total. The Morgan fingerprint density at radius 3 is 2.13 bits per heavy atom. The summed E-state index contributed by atoms with van der Waals surface area (Å²) in [5, 5.41) is 12.3. The second-order valence-electron chi connectivity index (χ2n) is 2.65. The van der Waals surface area contributed by atoms with E-state index in [4.69, 9.17) is 5.11 Å². The van der Waals surface area contributed by atoms with Gasteiger partial charge in [0.25, 0.3) is 0 Å². The van der Waals surface area contributed by atoms with E-state index in [1.807, 2.05) is 10.6 Å². The van der Waals surface area contributed by atoms with E-state index in [9.17, 15) is 22.8 Å². The number of rotatable bonds is 2. The van der Waals surface area contributed by atoms with Gasteiger partial charge in [0.05, 0.1) is 6.54 Å². The SMILES string of the molecule is O=C1NC(=NCC(O)C(F)(F)F)NC1=O. The Labute approximate surface area is 81.2 Å². The van der Waals surface area contributed by atoms with Crippen LogP contribution in [0, 0.1) is 0 Å². The van der Waals surface area contributed by atoms with Crippen molar-refractivity contribution < 1.29 is 27.9 Å². The van der Waals surface area contributed by atoms with Crippen molar-refractivity contribution in [2.45, 2.75) is 12.3 Å². The average molecular weight is 225 g/mol. The Kier molecular flexibility index (Phi) is 2.93. The van der Waals surface area contributed by atoms with E-state index in [2.05, 4.69) is 4.99 Å². The number of aliphatic imine (C=N–C) groups is 1. The molecule has 1 aliphatic rings. The molecule has 1 aliphatic heterocycles. The van der Waals surface area contributed by atoms with Crippen molar-refractivity contribution in [2.75, 3.05) is 6.54 Å². The first-order valence-electron chi connectivity index (χ1n) is 3.72. The standard InChI is InChI=1S/C6H6F3N3O3/c7-6(8,9)2(13)1-10-5-11-3(14)4(15)12-5/h2,13H,1H2,(H2,10,11,12,14,15). The molecular weight excluding hydrogens is 219 g/mol. The summed E-state index contributed by atoms with van der Waals surface area (Å²) in [5.74, 6) is -2.40. The van der Waals surface area contributed by atoms with E-state index >= 15 is 0 Å². The minimum absolute atomic E-state index is 0.395. The van der Waals surface area contributed by atoms with E-state index < -0.39 is 36.6 Å². The Balaban J connectivity index is 2.53. The Morgan fingerprint density at radius 2 is 1.73 bits per heavy atom. The number of carbonyl (C=O) groups excluding carboxylic acids is 2. The first-order valence-corrected chi connectivity index (χ1v) is 3.72. The third kappa shape index (κ3) is 2.91. The van der Waals surface area contributed by atoms with Crippen LogP contribution in [-0.4, -0.2) is 41.7 Å². The summed E-state index contributed by atoms with van der Waals surface area (Å²) >= 11 is 0. The molecule has 9 heteroatoms. The van der Waals surface area contributed by atoms with Crippen LogP contribution >= 0.6 is 0 Å². The fourth-order valence-corrected chi connectivity index (χ4v) is 0.720. The third-order valence-corrected chi connectivity index (χ3v) is 1.47. The van der Waals surface area contributed by atoms with Crippen LogP contribution < -0.4 is 10.6 Å². The highest BCUT2D eigenvalue weighted by molar-refractivity contribution is 6.45. The molecule has 0 saturated carbocycles. The van der Waals surface area contributed by atoms with Gasteiger partial charge in [-0.25, -0.2) is 4.99 Å². The van der Waals surface area contributed by atoms with Crippen molar-refractivity contribution in [1.29, 1.82) is 0 Å². The van der Waals surface area contributed by atoms with Gasteiger partial charge >= 0.3 is 18.0 Å². The van der Waals surface area contributed by atoms with Crippen LogP contribution in [0.5, 0.6) is 0 Å². The number of alkyl halides is 3. The van der Waals surface area contributed by atoms with E-state index in [0.29, 0.717) is 0 Å². The molecule has 3 N–H and O–H groups in total. The molecule has 1 saturated heterocycles. The zero-order valence-electron chi connectivity index (χ0n) is 7.13. The van der Waals surface area contributed by atoms with E-state index in [-0.39, 0.29) is 0 Å². The average Bonchev–Trinajstić information content (AvgIpc) is 2.41. The van der Waals surface area contributed by atoms with Gasteiger partial charge in [-0.15, -0.1) is 0 Å². The van der Waals surface area contributed by atoms with Crippen molar-refractivity contribution in [3.8, 4) is 0 Å². The monoisotopic (exact) mass is 225 g/mol. The highest BCUT2D eigenvalue weighted by atomic mass is 19.4. The topological polar surface area (TPSA) is 90.8 Å². The van der Waals surface area contributed by atoms with E-state index in [1.165, 1.54) is 0 Å². The van der Waals surface area contributed by atoms with Gasteiger partial charge < -0.3 is 5.11 Å². The summed E-state index contributed by atoms with van der Waals surface area (Å²) in [7, 11) is 0. The Morgan fingerprint density at radius 1 is 1.27 bits per heavy atom. The minimum atomic E-state index is -4.78. The van der Waals surface area contributed by atoms with Gasteiger partial charge in [0.1, 0.15) is 0 Å². The van der Waals surface area contributed by atoms with Crippen LogP contribution in [0.25, 0.3) is 0 Å². The lowest BCUT2D eigenvalue weighted by Crippen LogP contribution is -2.33. The largest absolute Gasteiger partial charge is 0.416 e. The van der Waals surface area contributed by atoms with Gasteiger partial charge in [-0.2, -0.15) is 13.2 Å². The first-order chi connectivity index (χ1) is 6.80. The molecule has 1 unspecified atom stereocenters. The summed E-state index contributed by atoms with van der Waals surface area (Å²) in [5.41, 5.74) is 0. The van der Waals surface area contributed by atoms with Crippen molar-refractivity contribution in [3.05, 3.63) is 0 Å². The minimum Gasteiger partial charge on any atom is -0.382 e. The van der Waals surface area contributed by atoms with Crippen molar-refractivity contribution >= 4 is 17.8 Å². The summed E-state index contributed by atoms with van der Waals surface area (Å²) < 4.78 is 35.3. The highest BCUT2D eigenvalue weighted by Crippen LogP contribution is 2.19. The molecule has 2 amide bonds. The molecule has 84 valence electrons. The lowest BCUT2D eigenvalue weighted by molar-refractivity contribution is -0.199. The third-order valence-electron chi connectivity index (χ3n) is 1.47. The summed E-state index contributed by atoms with van der Waals surface area (Å²) in [6.07, 6.45) is -7.41. The molecular formula is C6H6F3N3O3. The zero-order valence-corrected chi connectivity index (χ0v) is 7.13. The predicted molar refractivity (Wildman–Crippen MR) is 40.6 cm³/mol. The number of hydrogen-bond donors (Lipinski definition) is 3. The molecule has 0 bridgehead atoms. The number of nitrogens with zero attached hydrogens (tertiary/aromatic N) is 1. The van der Waals surface area contributed by atoms with Gasteiger partial charge in [-0.05, 0) is 0 Å². The van der Waals surface area contributed by atoms with Crippen LogP contribution in [-0.2, 0) is 9.59 Å². The molecule has 0 radical (unpaired) electrons. The number of amides is 2. The van der Waals surface area contributed by atoms with Gasteiger partial charge in [0.15, 0.2) is 6.10 Å². The molecule has 1 heterocycles. The lowest BCUT2D eigenvalue weighted by Gasteiger charge is -2.11. The number of nitrogens with one attached hydrogen (secondary N) is 2. The van der Waals surface area contributed by atoms with Gasteiger partial charge in [-0.1, -0.05) is 0 Å². The maximum absolute atomic E-state index is 11.8. The van der Waals surface area contributed by atoms with Crippen molar-refractivity contribution in [2.24, 2.45) is 4.99 Å². The second-order valence-corrected chi connectivity index (χ2v) is 2.65. The van der Waals surface area contributed by atoms with Crippen LogP contribution in [0.2, 0.25) is 0 Å². The van der Waals surface area contributed by atoms with Gasteiger partial charge in [0, 0.05) is 0 Å². The fraction of sp³-hybridized carbons (Fsp3) is 0.500. The molecule has 1 rings (SSSR count). The molecule has 0 aromatic carbocycles. The number of carbonyl (C=O) groups is 2. The molecule has 1 atom stereocenters. The van der Waals surface area contributed by atoms with Gasteiger partial charge in [-0.3, -0.25) is 20.2 Å². The van der Waals surface area contributed by atoms with E-state index in [1.54, 1.807) is 0 Å². The number of aliphatic hydroxyl groups excluding tert-OH is 1. The number of hydrogen-bond acceptors (Lipinski definition) is 4. The highest BCUT2D eigenvalue weighted by Gasteiger charge is 2.38. The summed E-state index contributed by atoms with van der Waals surface area (Å²) in [4.78, 5) is 24.2. The quantitative estimate of drug-likeness (QED) is 0.500. The predicted octanol–water partition coefficient (Wildman–Crippen LogP) is -1.49. The van der Waals surface area contributed by atoms with Crippen molar-refractivity contribution in [3.63, 3.8) is 0 Å². The van der Waals surface area contributed by atoms with Crippen LogP contribution in [0.15, 0.2) is 4.99 Å². The lowest BCUT2D eigenvalue weighted by atomic mass is 10.3. The number of halogens is 3. The molecule has 0 spiro atoms. The molecule has 0 aliphatic carbocycles. The summed E-state index contributed by atoms with van der Waals surface area (Å²) in [6, 6.07) is 0. The number of aliphatic hydroxyl groups is 1. The molecule has 15 heavy (non-hydrogen) atoms. The van der Waals surface area contributed by atoms with E-state index in [0.717, 1.165) is 0 Å². The normalized spacial score (nSPS) is 18.5. The molecule has 0 aromatic rings. The van der Waals surface area contributed by atoms with Gasteiger partial charge in [0.2, 0.25) is 5.96 Å². The zero-order chi connectivity index (χ0) is 11.6.